The third kappa shape index (κ3) is 3.04. The highest BCUT2D eigenvalue weighted by atomic mass is 16.5. The molecule has 2 atom stereocenters. The fourth-order valence-corrected chi connectivity index (χ4v) is 3.08. The summed E-state index contributed by atoms with van der Waals surface area (Å²) >= 11 is 0. The molecule has 2 aromatic carbocycles. The van der Waals surface area contributed by atoms with Crippen molar-refractivity contribution in [1.82, 2.24) is 4.90 Å². The van der Waals surface area contributed by atoms with Gasteiger partial charge < -0.3 is 9.64 Å². The van der Waals surface area contributed by atoms with Crippen molar-refractivity contribution in [1.29, 1.82) is 5.26 Å². The second kappa shape index (κ2) is 6.53. The van der Waals surface area contributed by atoms with E-state index in [9.17, 15) is 10.1 Å². The van der Waals surface area contributed by atoms with Gasteiger partial charge in [0.05, 0.1) is 19.1 Å². The molecule has 1 aliphatic rings. The van der Waals surface area contributed by atoms with Crippen LogP contribution in [0.2, 0.25) is 0 Å². The van der Waals surface area contributed by atoms with Crippen molar-refractivity contribution < 1.29 is 9.53 Å². The van der Waals surface area contributed by atoms with Gasteiger partial charge in [0.2, 0.25) is 0 Å². The molecule has 2 aromatic rings. The van der Waals surface area contributed by atoms with E-state index < -0.39 is 0 Å². The number of rotatable bonds is 3. The average Bonchev–Trinajstić information content (AvgIpc) is 3.06. The van der Waals surface area contributed by atoms with E-state index >= 15 is 0 Å². The maximum Gasteiger partial charge on any atom is 0.254 e. The van der Waals surface area contributed by atoms with Crippen molar-refractivity contribution >= 4 is 5.91 Å². The first-order valence-corrected chi connectivity index (χ1v) is 7.61. The maximum absolute atomic E-state index is 12.7. The second-order valence-corrected chi connectivity index (χ2v) is 5.69. The highest BCUT2D eigenvalue weighted by Crippen LogP contribution is 2.33. The van der Waals surface area contributed by atoms with Crippen LogP contribution in [-0.2, 0) is 0 Å². The summed E-state index contributed by atoms with van der Waals surface area (Å²) in [5.41, 5.74) is 1.70. The molecular formula is C19H18N2O2. The lowest BCUT2D eigenvalue weighted by atomic mass is 9.90. The molecule has 1 saturated heterocycles. The topological polar surface area (TPSA) is 53.3 Å². The number of hydrogen-bond donors (Lipinski definition) is 0. The van der Waals surface area contributed by atoms with Gasteiger partial charge in [0.15, 0.2) is 0 Å². The standard InChI is InChI=1S/C19H18N2O2/c1-23-17-9-5-8-15(10-17)19(22)21-12-16(11-20)18(13-21)14-6-3-2-4-7-14/h2-10,16,18H,12-13H2,1H3/t16-,18+/m1/s1. The molecular weight excluding hydrogens is 288 g/mol. The Hall–Kier alpha value is -2.80. The molecule has 0 spiro atoms. The van der Waals surface area contributed by atoms with E-state index in [2.05, 4.69) is 6.07 Å². The Labute approximate surface area is 135 Å². The fourth-order valence-electron chi connectivity index (χ4n) is 3.08. The van der Waals surface area contributed by atoms with Crippen molar-refractivity contribution in [2.24, 2.45) is 5.92 Å². The van der Waals surface area contributed by atoms with Gasteiger partial charge in [0, 0.05) is 24.6 Å². The van der Waals surface area contributed by atoms with Crippen molar-refractivity contribution in [3.8, 4) is 11.8 Å². The second-order valence-electron chi connectivity index (χ2n) is 5.69. The van der Waals surface area contributed by atoms with E-state index in [1.54, 1.807) is 30.2 Å². The van der Waals surface area contributed by atoms with Crippen molar-refractivity contribution in [2.45, 2.75) is 5.92 Å². The molecule has 1 amide bonds. The number of nitrogens with zero attached hydrogens (tertiary/aromatic N) is 2. The molecule has 0 saturated carbocycles. The SMILES string of the molecule is COc1cccc(C(=O)N2C[C@@H](C#N)[C@H](c3ccccc3)C2)c1. The monoisotopic (exact) mass is 306 g/mol. The van der Waals surface area contributed by atoms with Crippen LogP contribution >= 0.6 is 0 Å². The zero-order valence-electron chi connectivity index (χ0n) is 13.0. The third-order valence-corrected chi connectivity index (χ3v) is 4.32. The van der Waals surface area contributed by atoms with Crippen LogP contribution in [0, 0.1) is 17.2 Å². The summed E-state index contributed by atoms with van der Waals surface area (Å²) in [4.78, 5) is 14.5. The predicted octanol–water partition coefficient (Wildman–Crippen LogP) is 3.07. The number of ether oxygens (including phenoxy) is 1. The Balaban J connectivity index is 1.82. The van der Waals surface area contributed by atoms with Gasteiger partial charge in [-0.05, 0) is 23.8 Å². The first-order chi connectivity index (χ1) is 11.2. The summed E-state index contributed by atoms with van der Waals surface area (Å²) in [6.45, 7) is 1.03. The Morgan fingerprint density at radius 2 is 1.96 bits per heavy atom. The van der Waals surface area contributed by atoms with Gasteiger partial charge in [0.1, 0.15) is 5.75 Å². The third-order valence-electron chi connectivity index (χ3n) is 4.32. The van der Waals surface area contributed by atoms with Crippen LogP contribution in [0.15, 0.2) is 54.6 Å². The van der Waals surface area contributed by atoms with Crippen LogP contribution in [0.3, 0.4) is 0 Å². The van der Waals surface area contributed by atoms with Gasteiger partial charge in [0.25, 0.3) is 5.91 Å². The molecule has 0 N–H and O–H groups in total. The highest BCUT2D eigenvalue weighted by molar-refractivity contribution is 5.95. The normalized spacial score (nSPS) is 20.1. The molecule has 3 rings (SSSR count). The smallest absolute Gasteiger partial charge is 0.254 e. The zero-order chi connectivity index (χ0) is 16.2. The molecule has 1 fully saturated rings. The van der Waals surface area contributed by atoms with Gasteiger partial charge in [-0.1, -0.05) is 36.4 Å². The van der Waals surface area contributed by atoms with E-state index in [1.165, 1.54) is 0 Å². The van der Waals surface area contributed by atoms with Crippen molar-refractivity contribution in [2.75, 3.05) is 20.2 Å². The summed E-state index contributed by atoms with van der Waals surface area (Å²) in [5.74, 6) is 0.497. The van der Waals surface area contributed by atoms with Crippen LogP contribution in [0.5, 0.6) is 5.75 Å². The van der Waals surface area contributed by atoms with Gasteiger partial charge in [-0.3, -0.25) is 4.79 Å². The lowest BCUT2D eigenvalue weighted by Gasteiger charge is -2.17. The van der Waals surface area contributed by atoms with E-state index in [-0.39, 0.29) is 17.7 Å². The van der Waals surface area contributed by atoms with Crippen LogP contribution in [0.4, 0.5) is 0 Å². The number of methoxy groups -OCH3 is 1. The molecule has 23 heavy (non-hydrogen) atoms. The molecule has 0 aromatic heterocycles. The maximum atomic E-state index is 12.7. The minimum Gasteiger partial charge on any atom is -0.497 e. The quantitative estimate of drug-likeness (QED) is 0.875. The average molecular weight is 306 g/mol. The first kappa shape index (κ1) is 15.1. The van der Waals surface area contributed by atoms with Gasteiger partial charge in [-0.2, -0.15) is 5.26 Å². The Bertz CT molecular complexity index is 737. The van der Waals surface area contributed by atoms with Crippen molar-refractivity contribution in [3.05, 3.63) is 65.7 Å². The van der Waals surface area contributed by atoms with E-state index in [0.717, 1.165) is 5.56 Å². The number of carbonyl (C=O) groups excluding carboxylic acids is 1. The highest BCUT2D eigenvalue weighted by Gasteiger charge is 2.36. The van der Waals surface area contributed by atoms with Crippen molar-refractivity contribution in [3.63, 3.8) is 0 Å². The molecule has 1 heterocycles. The number of amides is 1. The molecule has 0 aliphatic carbocycles. The Morgan fingerprint density at radius 3 is 2.65 bits per heavy atom. The Morgan fingerprint density at radius 1 is 1.17 bits per heavy atom. The summed E-state index contributed by atoms with van der Waals surface area (Å²) < 4.78 is 5.18. The van der Waals surface area contributed by atoms with E-state index in [0.29, 0.717) is 24.4 Å². The number of carbonyl (C=O) groups is 1. The largest absolute Gasteiger partial charge is 0.497 e. The molecule has 0 bridgehead atoms. The summed E-state index contributed by atoms with van der Waals surface area (Å²) in [7, 11) is 1.58. The summed E-state index contributed by atoms with van der Waals surface area (Å²) in [6, 6.07) is 19.4. The lowest BCUT2D eigenvalue weighted by Crippen LogP contribution is -2.28. The van der Waals surface area contributed by atoms with E-state index in [4.69, 9.17) is 4.74 Å². The molecule has 0 unspecified atom stereocenters. The zero-order valence-corrected chi connectivity index (χ0v) is 13.0. The molecule has 1 aliphatic heterocycles. The van der Waals surface area contributed by atoms with E-state index in [1.807, 2.05) is 36.4 Å². The fraction of sp³-hybridized carbons (Fsp3) is 0.263. The van der Waals surface area contributed by atoms with Crippen LogP contribution in [-0.4, -0.2) is 31.0 Å². The van der Waals surface area contributed by atoms with Gasteiger partial charge in [-0.25, -0.2) is 0 Å². The van der Waals surface area contributed by atoms with Crippen LogP contribution in [0.1, 0.15) is 21.8 Å². The number of hydrogen-bond acceptors (Lipinski definition) is 3. The van der Waals surface area contributed by atoms with Gasteiger partial charge in [-0.15, -0.1) is 0 Å². The minimum atomic E-state index is -0.174. The molecule has 0 radical (unpaired) electrons. The van der Waals surface area contributed by atoms with Gasteiger partial charge >= 0.3 is 0 Å². The number of likely N-dealkylation sites (tertiary alicyclic amines) is 1. The summed E-state index contributed by atoms with van der Waals surface area (Å²) in [6.07, 6.45) is 0. The van der Waals surface area contributed by atoms with Crippen LogP contribution in [0.25, 0.3) is 0 Å². The summed E-state index contributed by atoms with van der Waals surface area (Å²) in [5, 5.41) is 9.44. The first-order valence-electron chi connectivity index (χ1n) is 7.61. The molecule has 4 nitrogen and oxygen atoms in total. The molecule has 4 heteroatoms. The minimum absolute atomic E-state index is 0.0532. The number of benzene rings is 2. The van der Waals surface area contributed by atoms with Crippen LogP contribution < -0.4 is 4.74 Å². The Kier molecular flexibility index (Phi) is 4.29. The molecule has 116 valence electrons. The lowest BCUT2D eigenvalue weighted by molar-refractivity contribution is 0.0788. The predicted molar refractivity (Wildman–Crippen MR) is 87.2 cm³/mol. The number of nitriles is 1.